The normalized spacial score (nSPS) is 12.4. The summed E-state index contributed by atoms with van der Waals surface area (Å²) >= 11 is 0. The van der Waals surface area contributed by atoms with E-state index >= 15 is 0 Å². The van der Waals surface area contributed by atoms with Gasteiger partial charge in [-0.1, -0.05) is 32.0 Å². The van der Waals surface area contributed by atoms with Crippen molar-refractivity contribution >= 4 is 16.6 Å². The molecule has 0 aliphatic rings. The quantitative estimate of drug-likeness (QED) is 0.839. The third-order valence-electron chi connectivity index (χ3n) is 3.80. The van der Waals surface area contributed by atoms with Gasteiger partial charge in [0.2, 0.25) is 0 Å². The molecule has 0 aliphatic carbocycles. The SMILES string of the molecule is CC(C)C(C)N(C)c1c(C#N)cnc2ccccc12. The molecule has 0 aliphatic heterocycles. The Kier molecular flexibility index (Phi) is 3.71. The van der Waals surface area contributed by atoms with E-state index in [0.29, 0.717) is 17.5 Å². The fourth-order valence-corrected chi connectivity index (χ4v) is 2.24. The van der Waals surface area contributed by atoms with E-state index in [1.165, 1.54) is 0 Å². The zero-order valence-electron chi connectivity index (χ0n) is 11.9. The molecule has 98 valence electrons. The largest absolute Gasteiger partial charge is 0.370 e. The van der Waals surface area contributed by atoms with Crippen molar-refractivity contribution in [3.63, 3.8) is 0 Å². The van der Waals surface area contributed by atoms with Crippen LogP contribution in [0.1, 0.15) is 26.3 Å². The summed E-state index contributed by atoms with van der Waals surface area (Å²) in [6.07, 6.45) is 1.67. The zero-order valence-corrected chi connectivity index (χ0v) is 11.9. The molecule has 2 rings (SSSR count). The number of anilines is 1. The molecule has 0 amide bonds. The Morgan fingerprint density at radius 1 is 1.21 bits per heavy atom. The number of aromatic nitrogens is 1. The molecule has 1 aromatic carbocycles. The van der Waals surface area contributed by atoms with E-state index in [2.05, 4.69) is 36.7 Å². The molecule has 0 radical (unpaired) electrons. The number of nitrogens with zero attached hydrogens (tertiary/aromatic N) is 3. The van der Waals surface area contributed by atoms with E-state index in [1.54, 1.807) is 6.20 Å². The predicted molar refractivity (Wildman–Crippen MR) is 79.2 cm³/mol. The van der Waals surface area contributed by atoms with Crippen molar-refractivity contribution in [1.82, 2.24) is 4.98 Å². The van der Waals surface area contributed by atoms with Crippen LogP contribution < -0.4 is 4.90 Å². The van der Waals surface area contributed by atoms with E-state index in [0.717, 1.165) is 16.6 Å². The topological polar surface area (TPSA) is 39.9 Å². The van der Waals surface area contributed by atoms with Gasteiger partial charge in [-0.15, -0.1) is 0 Å². The monoisotopic (exact) mass is 253 g/mol. The second-order valence-corrected chi connectivity index (χ2v) is 5.24. The molecule has 3 nitrogen and oxygen atoms in total. The van der Waals surface area contributed by atoms with Gasteiger partial charge in [-0.05, 0) is 18.9 Å². The molecule has 19 heavy (non-hydrogen) atoms. The lowest BCUT2D eigenvalue weighted by molar-refractivity contribution is 0.506. The summed E-state index contributed by atoms with van der Waals surface area (Å²) in [5, 5.41) is 10.4. The average Bonchev–Trinajstić information content (AvgIpc) is 2.44. The second-order valence-electron chi connectivity index (χ2n) is 5.24. The van der Waals surface area contributed by atoms with Gasteiger partial charge in [0.1, 0.15) is 6.07 Å². The Balaban J connectivity index is 2.66. The molecule has 0 N–H and O–H groups in total. The van der Waals surface area contributed by atoms with Gasteiger partial charge in [-0.2, -0.15) is 5.26 Å². The lowest BCUT2D eigenvalue weighted by atomic mass is 10.0. The summed E-state index contributed by atoms with van der Waals surface area (Å²) in [5.41, 5.74) is 2.54. The minimum absolute atomic E-state index is 0.359. The first kappa shape index (κ1) is 13.4. The van der Waals surface area contributed by atoms with Crippen molar-refractivity contribution in [1.29, 1.82) is 5.26 Å². The van der Waals surface area contributed by atoms with Crippen LogP contribution in [0.5, 0.6) is 0 Å². The first-order valence-corrected chi connectivity index (χ1v) is 6.57. The van der Waals surface area contributed by atoms with Crippen LogP contribution in [0.25, 0.3) is 10.9 Å². The minimum atomic E-state index is 0.359. The molecule has 1 atom stereocenters. The minimum Gasteiger partial charge on any atom is -0.370 e. The van der Waals surface area contributed by atoms with Gasteiger partial charge in [0.25, 0.3) is 0 Å². The summed E-state index contributed by atoms with van der Waals surface area (Å²) in [5.74, 6) is 0.517. The molecular formula is C16H19N3. The molecule has 1 aromatic heterocycles. The van der Waals surface area contributed by atoms with Crippen LogP contribution >= 0.6 is 0 Å². The van der Waals surface area contributed by atoms with E-state index in [-0.39, 0.29) is 0 Å². The number of para-hydroxylation sites is 1. The second kappa shape index (κ2) is 5.27. The van der Waals surface area contributed by atoms with Crippen LogP contribution in [-0.2, 0) is 0 Å². The van der Waals surface area contributed by atoms with Gasteiger partial charge >= 0.3 is 0 Å². The van der Waals surface area contributed by atoms with Gasteiger partial charge in [0.15, 0.2) is 0 Å². The Morgan fingerprint density at radius 3 is 2.53 bits per heavy atom. The number of nitriles is 1. The lowest BCUT2D eigenvalue weighted by Gasteiger charge is -2.31. The molecule has 1 heterocycles. The zero-order chi connectivity index (χ0) is 14.0. The van der Waals surface area contributed by atoms with Crippen LogP contribution in [0.4, 0.5) is 5.69 Å². The number of hydrogen-bond acceptors (Lipinski definition) is 3. The lowest BCUT2D eigenvalue weighted by Crippen LogP contribution is -2.33. The maximum Gasteiger partial charge on any atom is 0.103 e. The summed E-state index contributed by atoms with van der Waals surface area (Å²) in [7, 11) is 2.05. The Hall–Kier alpha value is -2.08. The van der Waals surface area contributed by atoms with E-state index in [9.17, 15) is 5.26 Å². The number of hydrogen-bond donors (Lipinski definition) is 0. The number of fused-ring (bicyclic) bond motifs is 1. The van der Waals surface area contributed by atoms with Gasteiger partial charge in [0, 0.05) is 24.7 Å². The van der Waals surface area contributed by atoms with Gasteiger partial charge in [-0.3, -0.25) is 4.98 Å². The first-order valence-electron chi connectivity index (χ1n) is 6.57. The molecule has 1 unspecified atom stereocenters. The van der Waals surface area contributed by atoms with Gasteiger partial charge in [-0.25, -0.2) is 0 Å². The molecule has 0 fully saturated rings. The van der Waals surface area contributed by atoms with Crippen molar-refractivity contribution in [3.8, 4) is 6.07 Å². The highest BCUT2D eigenvalue weighted by atomic mass is 15.1. The summed E-state index contributed by atoms with van der Waals surface area (Å²) in [4.78, 5) is 6.54. The van der Waals surface area contributed by atoms with Crippen molar-refractivity contribution in [2.45, 2.75) is 26.8 Å². The highest BCUT2D eigenvalue weighted by Crippen LogP contribution is 2.30. The fraction of sp³-hybridized carbons (Fsp3) is 0.375. The van der Waals surface area contributed by atoms with E-state index in [1.807, 2.05) is 31.3 Å². The Labute approximate surface area is 114 Å². The third-order valence-corrected chi connectivity index (χ3v) is 3.80. The highest BCUT2D eigenvalue weighted by molar-refractivity contribution is 5.94. The molecule has 0 saturated carbocycles. The van der Waals surface area contributed by atoms with Crippen molar-refractivity contribution < 1.29 is 0 Å². The van der Waals surface area contributed by atoms with Crippen LogP contribution in [-0.4, -0.2) is 18.1 Å². The molecule has 0 bridgehead atoms. The Morgan fingerprint density at radius 2 is 1.89 bits per heavy atom. The number of pyridine rings is 1. The van der Waals surface area contributed by atoms with Crippen LogP contribution in [0, 0.1) is 17.2 Å². The standard InChI is InChI=1S/C16H19N3/c1-11(2)12(3)19(4)16-13(9-17)10-18-15-8-6-5-7-14(15)16/h5-8,10-12H,1-4H3. The fourth-order valence-electron chi connectivity index (χ4n) is 2.24. The average molecular weight is 253 g/mol. The molecule has 3 heteroatoms. The Bertz CT molecular complexity index is 625. The van der Waals surface area contributed by atoms with Crippen LogP contribution in [0.2, 0.25) is 0 Å². The molecule has 2 aromatic rings. The van der Waals surface area contributed by atoms with E-state index in [4.69, 9.17) is 0 Å². The third kappa shape index (κ3) is 2.39. The summed E-state index contributed by atoms with van der Waals surface area (Å²) in [6.45, 7) is 6.56. The maximum absolute atomic E-state index is 9.33. The van der Waals surface area contributed by atoms with Crippen molar-refractivity contribution in [2.75, 3.05) is 11.9 Å². The van der Waals surface area contributed by atoms with Gasteiger partial charge < -0.3 is 4.90 Å². The van der Waals surface area contributed by atoms with Crippen LogP contribution in [0.3, 0.4) is 0 Å². The number of rotatable bonds is 3. The number of benzene rings is 1. The van der Waals surface area contributed by atoms with Crippen LogP contribution in [0.15, 0.2) is 30.5 Å². The molecule has 0 spiro atoms. The highest BCUT2D eigenvalue weighted by Gasteiger charge is 2.19. The smallest absolute Gasteiger partial charge is 0.103 e. The van der Waals surface area contributed by atoms with Gasteiger partial charge in [0.05, 0.1) is 16.8 Å². The summed E-state index contributed by atoms with van der Waals surface area (Å²) < 4.78 is 0. The molecular weight excluding hydrogens is 234 g/mol. The maximum atomic E-state index is 9.33. The first-order chi connectivity index (χ1) is 9.06. The van der Waals surface area contributed by atoms with Crippen molar-refractivity contribution in [2.24, 2.45) is 5.92 Å². The molecule has 0 saturated heterocycles. The van der Waals surface area contributed by atoms with Crippen molar-refractivity contribution in [3.05, 3.63) is 36.0 Å². The predicted octanol–water partition coefficient (Wildman–Crippen LogP) is 3.59. The van der Waals surface area contributed by atoms with E-state index < -0.39 is 0 Å². The summed E-state index contributed by atoms with van der Waals surface area (Å²) in [6, 6.07) is 10.6.